The number of carbonyl (C=O) groups is 1. The highest BCUT2D eigenvalue weighted by Crippen LogP contribution is 2.31. The Balaban J connectivity index is 1.58. The summed E-state index contributed by atoms with van der Waals surface area (Å²) in [6.07, 6.45) is -0.495. The zero-order chi connectivity index (χ0) is 20.6. The number of rotatable bonds is 4. The Hall–Kier alpha value is -2.87. The quantitative estimate of drug-likeness (QED) is 0.716. The molecule has 1 saturated heterocycles. The van der Waals surface area contributed by atoms with Gasteiger partial charge in [0.2, 0.25) is 0 Å². The number of likely N-dealkylation sites (tertiary alicyclic amines) is 1. The summed E-state index contributed by atoms with van der Waals surface area (Å²) in [6, 6.07) is 10.6. The van der Waals surface area contributed by atoms with Gasteiger partial charge in [0.05, 0.1) is 17.1 Å². The predicted octanol–water partition coefficient (Wildman–Crippen LogP) is 4.05. The molecule has 0 spiro atoms. The number of amides is 1. The summed E-state index contributed by atoms with van der Waals surface area (Å²) in [5.41, 5.74) is 0.618. The molecule has 1 atom stereocenters. The number of hydrogen-bond acceptors (Lipinski definition) is 3. The van der Waals surface area contributed by atoms with Crippen LogP contribution in [0, 0.1) is 0 Å². The fraction of sp³-hybridized carbons (Fsp3) is 0.333. The van der Waals surface area contributed by atoms with E-state index in [2.05, 4.69) is 15.2 Å². The Morgan fingerprint density at radius 2 is 2.07 bits per heavy atom. The minimum absolute atomic E-state index is 0.00668. The normalized spacial score (nSPS) is 17.7. The number of imidazole rings is 1. The molecule has 2 aromatic heterocycles. The fourth-order valence-electron chi connectivity index (χ4n) is 3.82. The van der Waals surface area contributed by atoms with E-state index < -0.39 is 17.6 Å². The van der Waals surface area contributed by atoms with Crippen LogP contribution in [-0.2, 0) is 12.7 Å². The number of pyridine rings is 1. The zero-order valence-electron chi connectivity index (χ0n) is 15.9. The van der Waals surface area contributed by atoms with E-state index in [0.717, 1.165) is 37.3 Å². The lowest BCUT2D eigenvalue weighted by molar-refractivity contribution is -0.137. The maximum Gasteiger partial charge on any atom is 0.416 e. The molecule has 1 N–H and O–H groups in total. The molecule has 1 aliphatic heterocycles. The van der Waals surface area contributed by atoms with Gasteiger partial charge in [-0.05, 0) is 56.3 Å². The Kier molecular flexibility index (Phi) is 5.04. The molecule has 1 unspecified atom stereocenters. The summed E-state index contributed by atoms with van der Waals surface area (Å²) in [7, 11) is 2.04. The van der Waals surface area contributed by atoms with E-state index in [-0.39, 0.29) is 18.3 Å². The van der Waals surface area contributed by atoms with Crippen LogP contribution >= 0.6 is 0 Å². The number of aromatic nitrogens is 2. The van der Waals surface area contributed by atoms with Gasteiger partial charge in [-0.2, -0.15) is 13.2 Å². The van der Waals surface area contributed by atoms with Crippen molar-refractivity contribution in [3.05, 3.63) is 71.3 Å². The number of alkyl halides is 3. The van der Waals surface area contributed by atoms with Crippen molar-refractivity contribution in [2.24, 2.45) is 0 Å². The molecule has 0 bridgehead atoms. The number of nitrogens with one attached hydrogen (secondary N) is 1. The minimum atomic E-state index is -4.41. The summed E-state index contributed by atoms with van der Waals surface area (Å²) in [5, 5.41) is 2.71. The van der Waals surface area contributed by atoms with Crippen LogP contribution in [0.5, 0.6) is 0 Å². The molecular weight excluding hydrogens is 381 g/mol. The first-order chi connectivity index (χ1) is 13.8. The molecule has 3 aromatic rings. The van der Waals surface area contributed by atoms with Gasteiger partial charge in [-0.15, -0.1) is 0 Å². The summed E-state index contributed by atoms with van der Waals surface area (Å²) in [6.45, 7) is 0.969. The zero-order valence-corrected chi connectivity index (χ0v) is 15.9. The van der Waals surface area contributed by atoms with Crippen molar-refractivity contribution in [2.45, 2.75) is 31.6 Å². The third-order valence-corrected chi connectivity index (χ3v) is 5.32. The van der Waals surface area contributed by atoms with Gasteiger partial charge in [-0.25, -0.2) is 4.98 Å². The molecule has 4 rings (SSSR count). The van der Waals surface area contributed by atoms with E-state index in [1.54, 1.807) is 6.07 Å². The maximum atomic E-state index is 12.9. The summed E-state index contributed by atoms with van der Waals surface area (Å²) >= 11 is 0. The number of halogens is 3. The Labute approximate surface area is 166 Å². The first-order valence-electron chi connectivity index (χ1n) is 9.46. The van der Waals surface area contributed by atoms with Gasteiger partial charge in [0.15, 0.2) is 5.69 Å². The van der Waals surface area contributed by atoms with Gasteiger partial charge in [0.1, 0.15) is 5.82 Å². The van der Waals surface area contributed by atoms with Crippen LogP contribution in [0.3, 0.4) is 0 Å². The molecule has 8 heteroatoms. The lowest BCUT2D eigenvalue weighted by atomic mass is 10.1. The van der Waals surface area contributed by atoms with Crippen LogP contribution in [-0.4, -0.2) is 33.8 Å². The van der Waals surface area contributed by atoms with Crippen molar-refractivity contribution in [1.29, 1.82) is 0 Å². The number of fused-ring (bicyclic) bond motifs is 1. The van der Waals surface area contributed by atoms with Crippen molar-refractivity contribution in [1.82, 2.24) is 19.6 Å². The van der Waals surface area contributed by atoms with Crippen molar-refractivity contribution in [3.63, 3.8) is 0 Å². The molecule has 1 amide bonds. The highest BCUT2D eigenvalue weighted by Gasteiger charge is 2.31. The summed E-state index contributed by atoms with van der Waals surface area (Å²) in [5.74, 6) is 0.405. The van der Waals surface area contributed by atoms with Crippen molar-refractivity contribution in [2.75, 3.05) is 13.6 Å². The van der Waals surface area contributed by atoms with Gasteiger partial charge in [-0.3, -0.25) is 9.69 Å². The molecule has 0 saturated carbocycles. The first kappa shape index (κ1) is 19.4. The Bertz CT molecular complexity index is 1040. The largest absolute Gasteiger partial charge is 0.416 e. The van der Waals surface area contributed by atoms with Gasteiger partial charge in [0.25, 0.3) is 5.91 Å². The van der Waals surface area contributed by atoms with Gasteiger partial charge < -0.3 is 9.72 Å². The van der Waals surface area contributed by atoms with Gasteiger partial charge in [-0.1, -0.05) is 18.2 Å². The number of nitrogens with zero attached hydrogens (tertiary/aromatic N) is 3. The average Bonchev–Trinajstić information content (AvgIpc) is 3.29. The average molecular weight is 402 g/mol. The Morgan fingerprint density at radius 3 is 2.79 bits per heavy atom. The molecule has 0 radical (unpaired) electrons. The SMILES string of the molecule is CN1CCCC1c1nc(C(=O)NCc2cccc(C(F)(F)F)c2)c2ccccn12. The van der Waals surface area contributed by atoms with Crippen molar-refractivity contribution in [3.8, 4) is 0 Å². The molecular formula is C21H21F3N4O. The van der Waals surface area contributed by atoms with Crippen LogP contribution < -0.4 is 5.32 Å². The lowest BCUT2D eigenvalue weighted by Gasteiger charge is -2.17. The third-order valence-electron chi connectivity index (χ3n) is 5.32. The van der Waals surface area contributed by atoms with Gasteiger partial charge in [0, 0.05) is 12.7 Å². The predicted molar refractivity (Wildman–Crippen MR) is 102 cm³/mol. The molecule has 0 aliphatic carbocycles. The second kappa shape index (κ2) is 7.51. The topological polar surface area (TPSA) is 49.6 Å². The number of carbonyl (C=O) groups excluding carboxylic acids is 1. The fourth-order valence-corrected chi connectivity index (χ4v) is 3.82. The molecule has 152 valence electrons. The van der Waals surface area contributed by atoms with E-state index >= 15 is 0 Å². The van der Waals surface area contributed by atoms with E-state index in [4.69, 9.17) is 0 Å². The number of benzene rings is 1. The molecule has 5 nitrogen and oxygen atoms in total. The minimum Gasteiger partial charge on any atom is -0.347 e. The van der Waals surface area contributed by atoms with Crippen molar-refractivity contribution >= 4 is 11.4 Å². The smallest absolute Gasteiger partial charge is 0.347 e. The maximum absolute atomic E-state index is 12.9. The van der Waals surface area contributed by atoms with Crippen LogP contribution in [0.2, 0.25) is 0 Å². The third kappa shape index (κ3) is 3.85. The molecule has 3 heterocycles. The monoisotopic (exact) mass is 402 g/mol. The van der Waals surface area contributed by atoms with Crippen LogP contribution in [0.4, 0.5) is 13.2 Å². The second-order valence-electron chi connectivity index (χ2n) is 7.29. The second-order valence-corrected chi connectivity index (χ2v) is 7.29. The summed E-state index contributed by atoms with van der Waals surface area (Å²) in [4.78, 5) is 19.6. The number of hydrogen-bond donors (Lipinski definition) is 1. The highest BCUT2D eigenvalue weighted by molar-refractivity contribution is 5.99. The van der Waals surface area contributed by atoms with Crippen LogP contribution in [0.1, 0.15) is 46.3 Å². The first-order valence-corrected chi connectivity index (χ1v) is 9.46. The van der Waals surface area contributed by atoms with E-state index in [0.29, 0.717) is 11.1 Å². The van der Waals surface area contributed by atoms with Gasteiger partial charge >= 0.3 is 6.18 Å². The lowest BCUT2D eigenvalue weighted by Crippen LogP contribution is -2.24. The standard InChI is InChI=1S/C21H21F3N4O/c1-27-10-5-9-17(27)19-26-18(16-8-2-3-11-28(16)19)20(29)25-13-14-6-4-7-15(12-14)21(22,23)24/h2-4,6-8,11-12,17H,5,9-10,13H2,1H3,(H,25,29). The van der Waals surface area contributed by atoms with E-state index in [9.17, 15) is 18.0 Å². The van der Waals surface area contributed by atoms with Crippen LogP contribution in [0.15, 0.2) is 48.7 Å². The molecule has 29 heavy (non-hydrogen) atoms. The van der Waals surface area contributed by atoms with E-state index in [1.165, 1.54) is 6.07 Å². The van der Waals surface area contributed by atoms with Crippen LogP contribution in [0.25, 0.3) is 5.52 Å². The molecule has 1 fully saturated rings. The molecule has 1 aliphatic rings. The van der Waals surface area contributed by atoms with E-state index in [1.807, 2.05) is 35.8 Å². The summed E-state index contributed by atoms with van der Waals surface area (Å²) < 4.78 is 40.6. The van der Waals surface area contributed by atoms with Crippen molar-refractivity contribution < 1.29 is 18.0 Å². The molecule has 1 aromatic carbocycles. The highest BCUT2D eigenvalue weighted by atomic mass is 19.4. The Morgan fingerprint density at radius 1 is 1.24 bits per heavy atom.